The molecule has 2 aromatic carbocycles. The Bertz CT molecular complexity index is 3640. The SMILES string of the molecule is CCC(C)C(C(CC(=O)N1CCCC1C(OC)C(C)C(=O)NC1(C(=O)NCCc2ccc(NC(=O)C(CCCNC(N)=O)NC(=O)[C@H](NC(=O)[C@H]3O[C@@]4(C[C@H]4NC(=O)CCCCCN4C(=O)C=CC4=O)C(O)C4(CC4)C3O)C(C)C)cc2)CC1c1ccccc1)OC)C(C)C(=O)[C@@H](NC(=O)C([I-]C(C)C)N(C)C)C(C)C. The van der Waals surface area contributed by atoms with Crippen molar-refractivity contribution in [1.82, 2.24) is 51.9 Å². The molecule has 8 rings (SSSR count). The number of anilines is 1. The number of aliphatic hydroxyl groups excluding tert-OH is 2. The molecule has 12 N–H and O–H groups in total. The fraction of sp³-hybridized carbons (Fsp3) is 0.679. The molecule has 29 nitrogen and oxygen atoms in total. The molecule has 2 spiro atoms. The second-order valence-electron chi connectivity index (χ2n) is 32.5. The topological polar surface area (TPSA) is 405 Å². The predicted octanol–water partition coefficient (Wildman–Crippen LogP) is 0.854. The number of rotatable bonds is 43. The maximum atomic E-state index is 14.8. The van der Waals surface area contributed by atoms with Gasteiger partial charge in [0.1, 0.15) is 23.2 Å². The van der Waals surface area contributed by atoms with Crippen LogP contribution in [0.15, 0.2) is 66.7 Å². The number of likely N-dealkylation sites (N-methyl/N-ethyl adjacent to an activating group) is 1. The molecule has 30 heteroatoms. The van der Waals surface area contributed by atoms with Gasteiger partial charge in [-0.1, -0.05) is 69.7 Å². The van der Waals surface area contributed by atoms with Crippen LogP contribution in [0.1, 0.15) is 176 Å². The molecule has 111 heavy (non-hydrogen) atoms. The van der Waals surface area contributed by atoms with Crippen LogP contribution in [0.2, 0.25) is 0 Å². The predicted molar refractivity (Wildman–Crippen MR) is 411 cm³/mol. The van der Waals surface area contributed by atoms with Gasteiger partial charge in [0, 0.05) is 68.8 Å². The van der Waals surface area contributed by atoms with Crippen LogP contribution in [0.3, 0.4) is 0 Å². The van der Waals surface area contributed by atoms with E-state index in [-0.39, 0.29) is 121 Å². The number of nitrogens with two attached hydrogens (primary N) is 1. The molecule has 3 saturated carbocycles. The standard InChI is InChI=1S/C81H122IN12O17/c1-15-48(8)63(49(9)66(99)64(45(2)3)89-75(105)70(92(11)12)82-47(6)7)57(109-13)42-62(98)93-41-23-27-56(93)67(110-14)50(10)71(101)91-80(43-54(80)52-24-18-16-19-25-52)77(107)84-39-35-51-29-31-53(32-30-51)86-72(102)55(26-22-38-85-78(83)108)87-73(103)65(46(4)5)90-74(104)68-69(100)79(36-37-79)76(106)81(111-68)44-58(81)88-59(95)28-20-17-21-40-94-60(96)33-34-61(94)97/h16,18-19,24-25,29-34,45-50,54-58,63-65,67-70,76,100,106H,15,17,20-23,26-28,35-44H2,1-14H3,(H,84,107)(H,86,102)(H,87,103)(H,88,95)(H,89,105)(H,90,104)(H,91,101)(H3,83,85,108)/q-1/t48?,49?,50?,54?,55?,56?,57?,58-,63?,64+,65-,67?,68+,69?,70?,76?,80?,81-/m1/s1. The number of methoxy groups -OCH3 is 2. The Balaban J connectivity index is 0.862. The number of amides is 12. The van der Waals surface area contributed by atoms with Crippen LogP contribution in [0.4, 0.5) is 10.5 Å². The molecular formula is C81H122IN12O17-. The van der Waals surface area contributed by atoms with Gasteiger partial charge in [-0.2, -0.15) is 0 Å². The summed E-state index contributed by atoms with van der Waals surface area (Å²) in [5, 5.41) is 46.5. The first-order valence-corrected chi connectivity index (χ1v) is 42.1. The third-order valence-electron chi connectivity index (χ3n) is 23.4. The molecule has 0 aromatic heterocycles. The second kappa shape index (κ2) is 39.5. The van der Waals surface area contributed by atoms with Gasteiger partial charge in [-0.15, -0.1) is 0 Å². The third kappa shape index (κ3) is 21.9. The number of unbranched alkanes of at least 4 members (excludes halogenated alkanes) is 2. The molecule has 0 bridgehead atoms. The number of carbonyl (C=O) groups excluding carboxylic acids is 12. The molecule has 3 aliphatic carbocycles. The number of ketones is 1. The summed E-state index contributed by atoms with van der Waals surface area (Å²) in [4.78, 5) is 169. The first kappa shape index (κ1) is 89.1. The van der Waals surface area contributed by atoms with Crippen LogP contribution >= 0.6 is 0 Å². The summed E-state index contributed by atoms with van der Waals surface area (Å²) in [5.74, 6) is -7.42. The summed E-state index contributed by atoms with van der Waals surface area (Å²) in [5.41, 5.74) is 3.57. The molecule has 12 amide bonds. The normalized spacial score (nSPS) is 25.0. The number of halogens is 1. The van der Waals surface area contributed by atoms with E-state index >= 15 is 0 Å². The summed E-state index contributed by atoms with van der Waals surface area (Å²) in [6, 6.07) is 11.2. The quantitative estimate of drug-likeness (QED) is 0.0144. The van der Waals surface area contributed by atoms with Gasteiger partial charge in [0.05, 0.1) is 30.3 Å². The minimum atomic E-state index is -1.54. The van der Waals surface area contributed by atoms with Crippen molar-refractivity contribution in [1.29, 1.82) is 0 Å². The van der Waals surface area contributed by atoms with Crippen molar-refractivity contribution in [3.63, 3.8) is 0 Å². The number of hydrogen-bond donors (Lipinski definition) is 11. The first-order valence-electron chi connectivity index (χ1n) is 39.6. The van der Waals surface area contributed by atoms with Crippen LogP contribution in [-0.2, 0) is 73.4 Å². The zero-order valence-corrected chi connectivity index (χ0v) is 69.2. The number of alkyl halides is 2. The van der Waals surface area contributed by atoms with Gasteiger partial charge in [0.2, 0.25) is 29.5 Å². The number of likely N-dealkylation sites (tertiary alicyclic amines) is 1. The van der Waals surface area contributed by atoms with Gasteiger partial charge in [-0.25, -0.2) is 4.79 Å². The van der Waals surface area contributed by atoms with Gasteiger partial charge in [0.25, 0.3) is 17.7 Å². The summed E-state index contributed by atoms with van der Waals surface area (Å²) in [6.07, 6.45) is 2.23. The van der Waals surface area contributed by atoms with E-state index in [0.29, 0.717) is 80.4 Å². The van der Waals surface area contributed by atoms with E-state index in [0.717, 1.165) is 16.0 Å². The van der Waals surface area contributed by atoms with E-state index in [1.54, 1.807) is 57.0 Å². The number of benzene rings is 2. The maximum absolute atomic E-state index is 14.8. The van der Waals surface area contributed by atoms with Crippen LogP contribution < -0.4 is 69.5 Å². The van der Waals surface area contributed by atoms with Crippen LogP contribution in [0.25, 0.3) is 0 Å². The number of Topliss-reactive ketones (excluding diaryl/α,β-unsaturated/α-hetero) is 1. The zero-order valence-electron chi connectivity index (χ0n) is 67.1. The van der Waals surface area contributed by atoms with Crippen molar-refractivity contribution in [2.45, 2.75) is 251 Å². The number of carbonyl (C=O) groups is 12. The number of urea groups is 1. The molecule has 616 valence electrons. The van der Waals surface area contributed by atoms with Crippen LogP contribution in [0.5, 0.6) is 0 Å². The Kier molecular flexibility index (Phi) is 31.7. The number of aliphatic hydroxyl groups is 2. The molecule has 3 aliphatic heterocycles. The van der Waals surface area contributed by atoms with Crippen LogP contribution in [0, 0.1) is 40.9 Å². The van der Waals surface area contributed by atoms with E-state index in [2.05, 4.69) is 63.3 Å². The average Bonchev–Trinajstić information content (AvgIpc) is 1.51. The number of ether oxygens (including phenoxy) is 3. The Morgan fingerprint density at radius 1 is 0.748 bits per heavy atom. The van der Waals surface area contributed by atoms with Gasteiger partial charge in [-0.05, 0) is 93.4 Å². The molecule has 2 saturated heterocycles. The Hall–Kier alpha value is -7.49. The molecular weight excluding hydrogens is 1540 g/mol. The van der Waals surface area contributed by atoms with Crippen molar-refractivity contribution in [2.24, 2.45) is 46.7 Å². The van der Waals surface area contributed by atoms with E-state index < -0.39 is 146 Å². The molecule has 2 aromatic rings. The van der Waals surface area contributed by atoms with E-state index in [4.69, 9.17) is 19.9 Å². The Morgan fingerprint density at radius 3 is 2.01 bits per heavy atom. The van der Waals surface area contributed by atoms with Gasteiger partial charge < -0.3 is 62.6 Å². The Labute approximate surface area is 663 Å². The van der Waals surface area contributed by atoms with Gasteiger partial charge in [-0.3, -0.25) is 43.3 Å². The van der Waals surface area contributed by atoms with Crippen molar-refractivity contribution in [2.75, 3.05) is 59.8 Å². The number of primary amides is 1. The molecule has 18 atom stereocenters. The Morgan fingerprint density at radius 2 is 1.41 bits per heavy atom. The van der Waals surface area contributed by atoms with E-state index in [9.17, 15) is 67.7 Å². The molecule has 0 radical (unpaired) electrons. The summed E-state index contributed by atoms with van der Waals surface area (Å²) in [6.45, 7) is 20.1. The van der Waals surface area contributed by atoms with Crippen molar-refractivity contribution >= 4 is 76.6 Å². The first-order chi connectivity index (χ1) is 52.6. The molecule has 13 unspecified atom stereocenters. The molecule has 6 aliphatic rings. The molecule has 5 fully saturated rings. The van der Waals surface area contributed by atoms with E-state index in [1.807, 2.05) is 77.0 Å². The second-order valence-corrected chi connectivity index (χ2v) is 36.9. The number of imide groups is 1. The van der Waals surface area contributed by atoms with Crippen molar-refractivity contribution in [3.8, 4) is 0 Å². The minimum absolute atomic E-state index is 0.0231. The van der Waals surface area contributed by atoms with Crippen molar-refractivity contribution in [3.05, 3.63) is 77.9 Å². The zero-order chi connectivity index (χ0) is 81.6. The number of hydrogen-bond acceptors (Lipinski definition) is 18. The molecule has 3 heterocycles. The third-order valence-corrected chi connectivity index (χ3v) is 27.2. The summed E-state index contributed by atoms with van der Waals surface area (Å²) in [7, 11) is 6.86. The van der Waals surface area contributed by atoms with Crippen LogP contribution in [-0.4, -0.2) is 230 Å². The van der Waals surface area contributed by atoms with Gasteiger partial charge in [0.15, 0.2) is 6.10 Å². The number of nitrogens with zero attached hydrogens (tertiary/aromatic N) is 3. The van der Waals surface area contributed by atoms with Gasteiger partial charge >= 0.3 is 218 Å². The average molecular weight is 1660 g/mol. The fourth-order valence-electron chi connectivity index (χ4n) is 16.5. The van der Waals surface area contributed by atoms with Crippen molar-refractivity contribution < 1.29 is 103 Å². The number of nitrogens with one attached hydrogen (secondary N) is 8. The monoisotopic (exact) mass is 1660 g/mol. The fourth-order valence-corrected chi connectivity index (χ4v) is 19.0. The summed E-state index contributed by atoms with van der Waals surface area (Å²) >= 11 is -0.536. The summed E-state index contributed by atoms with van der Waals surface area (Å²) < 4.78 is 18.7. The van der Waals surface area contributed by atoms with E-state index in [1.165, 1.54) is 19.3 Å².